The molecule has 0 unspecified atom stereocenters. The zero-order chi connectivity index (χ0) is 16.3. The lowest BCUT2D eigenvalue weighted by Crippen LogP contribution is -2.42. The summed E-state index contributed by atoms with van der Waals surface area (Å²) in [6.45, 7) is 6.45. The fraction of sp³-hybridized carbons (Fsp3) is 0.533. The molecular weight excluding hydrogens is 350 g/mol. The highest BCUT2D eigenvalue weighted by Crippen LogP contribution is 2.19. The van der Waals surface area contributed by atoms with Crippen molar-refractivity contribution in [1.29, 1.82) is 0 Å². The van der Waals surface area contributed by atoms with Crippen LogP contribution in [0.4, 0.5) is 10.6 Å². The molecule has 2 rings (SSSR count). The largest absolute Gasteiger partial charge is 0.444 e. The van der Waals surface area contributed by atoms with Crippen molar-refractivity contribution in [1.82, 2.24) is 9.88 Å². The fourth-order valence-corrected chi connectivity index (χ4v) is 2.48. The lowest BCUT2D eigenvalue weighted by Gasteiger charge is -2.26. The van der Waals surface area contributed by atoms with Crippen molar-refractivity contribution >= 4 is 33.7 Å². The Hall–Kier alpha value is -1.63. The average molecular weight is 370 g/mol. The van der Waals surface area contributed by atoms with E-state index in [4.69, 9.17) is 4.74 Å². The Morgan fingerprint density at radius 3 is 2.68 bits per heavy atom. The number of pyridine rings is 1. The first kappa shape index (κ1) is 16.7. The van der Waals surface area contributed by atoms with Gasteiger partial charge in [0.1, 0.15) is 22.6 Å². The molecular formula is C15H20BrN3O3. The second-order valence-corrected chi connectivity index (χ2v) is 6.93. The van der Waals surface area contributed by atoms with Gasteiger partial charge in [-0.05, 0) is 55.3 Å². The number of hydrogen-bond donors (Lipinski definition) is 0. The van der Waals surface area contributed by atoms with Crippen LogP contribution in [0.15, 0.2) is 22.8 Å². The molecule has 2 heterocycles. The standard InChI is InChI=1S/C15H20BrN3O3/c1-15(2,3)22-14(21)18-8-5-9-19(13(20)10-18)12-7-4-6-11(16)17-12/h4,6-7H,5,8-10H2,1-3H3. The van der Waals surface area contributed by atoms with Gasteiger partial charge in [0.05, 0.1) is 0 Å². The summed E-state index contributed by atoms with van der Waals surface area (Å²) in [5.41, 5.74) is -0.571. The molecule has 0 spiro atoms. The van der Waals surface area contributed by atoms with E-state index in [-0.39, 0.29) is 12.5 Å². The molecule has 2 amide bonds. The fourth-order valence-electron chi connectivity index (χ4n) is 2.14. The number of ether oxygens (including phenoxy) is 1. The van der Waals surface area contributed by atoms with Crippen molar-refractivity contribution in [3.63, 3.8) is 0 Å². The van der Waals surface area contributed by atoms with Crippen LogP contribution in [0.2, 0.25) is 0 Å². The minimum absolute atomic E-state index is 0.00308. The van der Waals surface area contributed by atoms with E-state index in [1.54, 1.807) is 17.0 Å². The molecule has 1 fully saturated rings. The molecule has 0 atom stereocenters. The number of halogens is 1. The average Bonchev–Trinajstić information content (AvgIpc) is 2.58. The summed E-state index contributed by atoms with van der Waals surface area (Å²) in [4.78, 5) is 31.9. The molecule has 7 heteroatoms. The first-order chi connectivity index (χ1) is 10.3. The molecule has 1 aromatic heterocycles. The summed E-state index contributed by atoms with van der Waals surface area (Å²) in [5.74, 6) is 0.430. The van der Waals surface area contributed by atoms with Crippen LogP contribution in [0, 0.1) is 0 Å². The van der Waals surface area contributed by atoms with E-state index in [0.29, 0.717) is 29.9 Å². The quantitative estimate of drug-likeness (QED) is 0.714. The highest BCUT2D eigenvalue weighted by atomic mass is 79.9. The molecule has 1 aliphatic rings. The Balaban J connectivity index is 2.09. The number of carbonyl (C=O) groups excluding carboxylic acids is 2. The van der Waals surface area contributed by atoms with Crippen molar-refractivity contribution in [2.45, 2.75) is 32.8 Å². The van der Waals surface area contributed by atoms with Crippen molar-refractivity contribution in [2.24, 2.45) is 0 Å². The molecule has 0 aliphatic carbocycles. The molecule has 1 aliphatic heterocycles. The number of hydrogen-bond acceptors (Lipinski definition) is 4. The van der Waals surface area contributed by atoms with Crippen LogP contribution < -0.4 is 4.90 Å². The van der Waals surface area contributed by atoms with Crippen molar-refractivity contribution in [2.75, 3.05) is 24.5 Å². The smallest absolute Gasteiger partial charge is 0.410 e. The normalized spacial score (nSPS) is 16.5. The Kier molecular flexibility index (Phi) is 5.05. The van der Waals surface area contributed by atoms with E-state index >= 15 is 0 Å². The van der Waals surface area contributed by atoms with Gasteiger partial charge in [-0.15, -0.1) is 0 Å². The van der Waals surface area contributed by atoms with Gasteiger partial charge in [0, 0.05) is 13.1 Å². The molecule has 22 heavy (non-hydrogen) atoms. The van der Waals surface area contributed by atoms with E-state index in [2.05, 4.69) is 20.9 Å². The minimum atomic E-state index is -0.571. The summed E-state index contributed by atoms with van der Waals surface area (Å²) >= 11 is 3.30. The number of aromatic nitrogens is 1. The number of anilines is 1. The zero-order valence-corrected chi connectivity index (χ0v) is 14.6. The number of carbonyl (C=O) groups is 2. The Morgan fingerprint density at radius 2 is 2.05 bits per heavy atom. The summed E-state index contributed by atoms with van der Waals surface area (Å²) < 4.78 is 6.01. The van der Waals surface area contributed by atoms with Crippen molar-refractivity contribution in [3.8, 4) is 0 Å². The number of nitrogens with zero attached hydrogens (tertiary/aromatic N) is 3. The Labute approximate surface area is 138 Å². The van der Waals surface area contributed by atoms with E-state index < -0.39 is 11.7 Å². The van der Waals surface area contributed by atoms with Crippen LogP contribution in [-0.4, -0.2) is 47.1 Å². The molecule has 0 radical (unpaired) electrons. The van der Waals surface area contributed by atoms with Crippen LogP contribution in [0.25, 0.3) is 0 Å². The molecule has 0 aromatic carbocycles. The van der Waals surface area contributed by atoms with Gasteiger partial charge in [0.25, 0.3) is 0 Å². The second kappa shape index (κ2) is 6.64. The third kappa shape index (κ3) is 4.43. The SMILES string of the molecule is CC(C)(C)OC(=O)N1CCCN(c2cccc(Br)n2)C(=O)C1. The van der Waals surface area contributed by atoms with Crippen LogP contribution in [-0.2, 0) is 9.53 Å². The first-order valence-electron chi connectivity index (χ1n) is 7.17. The van der Waals surface area contributed by atoms with E-state index in [9.17, 15) is 9.59 Å². The monoisotopic (exact) mass is 369 g/mol. The van der Waals surface area contributed by atoms with E-state index in [1.807, 2.05) is 26.8 Å². The molecule has 0 saturated carbocycles. The van der Waals surface area contributed by atoms with Crippen LogP contribution >= 0.6 is 15.9 Å². The van der Waals surface area contributed by atoms with Gasteiger partial charge >= 0.3 is 6.09 Å². The maximum atomic E-state index is 12.4. The second-order valence-electron chi connectivity index (χ2n) is 6.12. The Morgan fingerprint density at radius 1 is 1.32 bits per heavy atom. The maximum absolute atomic E-state index is 12.4. The van der Waals surface area contributed by atoms with Crippen molar-refractivity contribution < 1.29 is 14.3 Å². The van der Waals surface area contributed by atoms with Gasteiger partial charge < -0.3 is 4.74 Å². The van der Waals surface area contributed by atoms with Crippen LogP contribution in [0.1, 0.15) is 27.2 Å². The minimum Gasteiger partial charge on any atom is -0.444 e. The number of rotatable bonds is 1. The number of amides is 2. The van der Waals surface area contributed by atoms with Gasteiger partial charge in [-0.3, -0.25) is 14.6 Å². The summed E-state index contributed by atoms with van der Waals surface area (Å²) in [6.07, 6.45) is 0.226. The molecule has 6 nitrogen and oxygen atoms in total. The summed E-state index contributed by atoms with van der Waals surface area (Å²) in [5, 5.41) is 0. The molecule has 1 saturated heterocycles. The predicted octanol–water partition coefficient (Wildman–Crippen LogP) is 2.82. The Bertz CT molecular complexity index is 571. The molecule has 0 bridgehead atoms. The van der Waals surface area contributed by atoms with Crippen LogP contribution in [0.5, 0.6) is 0 Å². The maximum Gasteiger partial charge on any atom is 0.410 e. The topological polar surface area (TPSA) is 62.7 Å². The van der Waals surface area contributed by atoms with Gasteiger partial charge in [0.2, 0.25) is 5.91 Å². The highest BCUT2D eigenvalue weighted by molar-refractivity contribution is 9.10. The zero-order valence-electron chi connectivity index (χ0n) is 13.0. The summed E-state index contributed by atoms with van der Waals surface area (Å²) in [7, 11) is 0. The van der Waals surface area contributed by atoms with E-state index in [1.165, 1.54) is 4.90 Å². The lowest BCUT2D eigenvalue weighted by molar-refractivity contribution is -0.119. The lowest BCUT2D eigenvalue weighted by atomic mass is 10.2. The molecule has 1 aromatic rings. The van der Waals surface area contributed by atoms with Gasteiger partial charge in [0.15, 0.2) is 0 Å². The third-order valence-corrected chi connectivity index (χ3v) is 3.51. The molecule has 120 valence electrons. The summed E-state index contributed by atoms with van der Waals surface area (Å²) in [6, 6.07) is 5.42. The van der Waals surface area contributed by atoms with Gasteiger partial charge in [-0.25, -0.2) is 9.78 Å². The van der Waals surface area contributed by atoms with Gasteiger partial charge in [-0.1, -0.05) is 6.07 Å². The van der Waals surface area contributed by atoms with Crippen LogP contribution in [0.3, 0.4) is 0 Å². The molecule has 0 N–H and O–H groups in total. The first-order valence-corrected chi connectivity index (χ1v) is 7.96. The van der Waals surface area contributed by atoms with E-state index in [0.717, 1.165) is 0 Å². The predicted molar refractivity (Wildman–Crippen MR) is 86.7 cm³/mol. The van der Waals surface area contributed by atoms with Crippen molar-refractivity contribution in [3.05, 3.63) is 22.8 Å². The van der Waals surface area contributed by atoms with Gasteiger partial charge in [-0.2, -0.15) is 0 Å². The highest BCUT2D eigenvalue weighted by Gasteiger charge is 2.29. The third-order valence-electron chi connectivity index (χ3n) is 3.07.